The highest BCUT2D eigenvalue weighted by Gasteiger charge is 2.27. The van der Waals surface area contributed by atoms with Gasteiger partial charge in [0.2, 0.25) is 5.95 Å². The second-order valence-corrected chi connectivity index (χ2v) is 9.76. The number of nitrogens with one attached hydrogen (secondary N) is 1. The quantitative estimate of drug-likeness (QED) is 0.620. The normalized spacial score (nSPS) is 24.2. The van der Waals surface area contributed by atoms with E-state index in [1.165, 1.54) is 19.3 Å². The molecule has 0 bridgehead atoms. The van der Waals surface area contributed by atoms with Gasteiger partial charge in [-0.2, -0.15) is 5.26 Å². The molecule has 1 saturated heterocycles. The molecule has 1 aliphatic carbocycles. The Bertz CT molecular complexity index is 936. The maximum Gasteiger partial charge on any atom is 0.222 e. The summed E-state index contributed by atoms with van der Waals surface area (Å²) in [6.07, 6.45) is 9.16. The summed E-state index contributed by atoms with van der Waals surface area (Å²) >= 11 is 12.7. The summed E-state index contributed by atoms with van der Waals surface area (Å²) in [6, 6.07) is 8.76. The van der Waals surface area contributed by atoms with Crippen molar-refractivity contribution in [1.29, 1.82) is 5.26 Å². The van der Waals surface area contributed by atoms with E-state index in [1.54, 1.807) is 12.4 Å². The third kappa shape index (κ3) is 5.64. The first kappa shape index (κ1) is 23.1. The van der Waals surface area contributed by atoms with E-state index in [4.69, 9.17) is 28.5 Å². The third-order valence-corrected chi connectivity index (χ3v) is 7.58. The Labute approximate surface area is 200 Å². The van der Waals surface area contributed by atoms with Crippen molar-refractivity contribution >= 4 is 34.8 Å². The van der Waals surface area contributed by atoms with E-state index in [1.807, 2.05) is 12.1 Å². The first-order chi connectivity index (χ1) is 15.5. The molecule has 1 saturated carbocycles. The Hall–Kier alpha value is -2.07. The van der Waals surface area contributed by atoms with Crippen molar-refractivity contribution in [2.45, 2.75) is 51.1 Å². The molecule has 2 aliphatic rings. The zero-order valence-corrected chi connectivity index (χ0v) is 20.0. The summed E-state index contributed by atoms with van der Waals surface area (Å²) < 4.78 is 0. The monoisotopic (exact) mass is 472 g/mol. The van der Waals surface area contributed by atoms with Crippen LogP contribution in [0, 0.1) is 17.2 Å². The van der Waals surface area contributed by atoms with Crippen molar-refractivity contribution in [3.63, 3.8) is 0 Å². The molecular weight excluding hydrogens is 443 g/mol. The molecule has 2 aromatic rings. The van der Waals surface area contributed by atoms with Gasteiger partial charge in [0.15, 0.2) is 0 Å². The van der Waals surface area contributed by atoms with Crippen LogP contribution in [-0.4, -0.2) is 53.1 Å². The Kier molecular flexibility index (Phi) is 7.72. The van der Waals surface area contributed by atoms with Crippen LogP contribution in [0.2, 0.25) is 10.0 Å². The maximum atomic E-state index is 8.86. The summed E-state index contributed by atoms with van der Waals surface area (Å²) in [4.78, 5) is 13.4. The zero-order valence-electron chi connectivity index (χ0n) is 18.5. The van der Waals surface area contributed by atoms with E-state index < -0.39 is 0 Å². The minimum absolute atomic E-state index is 0.409. The highest BCUT2D eigenvalue weighted by molar-refractivity contribution is 6.43. The Morgan fingerprint density at radius 1 is 1.12 bits per heavy atom. The van der Waals surface area contributed by atoms with Crippen LogP contribution in [0.3, 0.4) is 0 Å². The van der Waals surface area contributed by atoms with E-state index in [0.717, 1.165) is 50.6 Å². The third-order valence-electron chi connectivity index (χ3n) is 6.77. The SMILES string of the molecule is C[C@@H]1CN(CC[C@H]2CC[C@H](Nc3ncc(C#N)cn3)CC2)CCN1c1cccc(Cl)c1Cl. The first-order valence-corrected chi connectivity index (χ1v) is 12.2. The number of halogens is 2. The molecular formula is C24H30Cl2N6. The molecule has 0 unspecified atom stereocenters. The number of piperazine rings is 1. The minimum Gasteiger partial charge on any atom is -0.365 e. The van der Waals surface area contributed by atoms with Crippen LogP contribution < -0.4 is 10.2 Å². The van der Waals surface area contributed by atoms with Crippen LogP contribution in [0.15, 0.2) is 30.6 Å². The van der Waals surface area contributed by atoms with Gasteiger partial charge in [-0.05, 0) is 63.6 Å². The van der Waals surface area contributed by atoms with Crippen LogP contribution in [-0.2, 0) is 0 Å². The molecule has 1 aromatic carbocycles. The van der Waals surface area contributed by atoms with Gasteiger partial charge in [0, 0.05) is 31.7 Å². The van der Waals surface area contributed by atoms with Gasteiger partial charge in [0.1, 0.15) is 6.07 Å². The van der Waals surface area contributed by atoms with Crippen molar-refractivity contribution < 1.29 is 0 Å². The van der Waals surface area contributed by atoms with Gasteiger partial charge in [0.25, 0.3) is 0 Å². The molecule has 6 nitrogen and oxygen atoms in total. The fraction of sp³-hybridized carbons (Fsp3) is 0.542. The van der Waals surface area contributed by atoms with Crippen LogP contribution in [0.25, 0.3) is 0 Å². The number of rotatable bonds is 6. The summed E-state index contributed by atoms with van der Waals surface area (Å²) in [7, 11) is 0. The Morgan fingerprint density at radius 3 is 2.56 bits per heavy atom. The number of nitrogens with zero attached hydrogens (tertiary/aromatic N) is 5. The van der Waals surface area contributed by atoms with Gasteiger partial charge in [-0.3, -0.25) is 4.90 Å². The number of hydrogen-bond acceptors (Lipinski definition) is 6. The van der Waals surface area contributed by atoms with Gasteiger partial charge in [0.05, 0.1) is 33.7 Å². The number of aromatic nitrogens is 2. The largest absolute Gasteiger partial charge is 0.365 e. The lowest BCUT2D eigenvalue weighted by molar-refractivity contribution is 0.199. The van der Waals surface area contributed by atoms with Crippen LogP contribution in [0.1, 0.15) is 44.6 Å². The van der Waals surface area contributed by atoms with E-state index in [2.05, 4.69) is 44.1 Å². The summed E-state index contributed by atoms with van der Waals surface area (Å²) in [5.74, 6) is 1.41. The van der Waals surface area contributed by atoms with Crippen LogP contribution in [0.4, 0.5) is 11.6 Å². The minimum atomic E-state index is 0.409. The lowest BCUT2D eigenvalue weighted by Gasteiger charge is -2.42. The summed E-state index contributed by atoms with van der Waals surface area (Å²) in [5.41, 5.74) is 1.54. The first-order valence-electron chi connectivity index (χ1n) is 11.4. The number of anilines is 2. The van der Waals surface area contributed by atoms with Crippen molar-refractivity contribution in [2.75, 3.05) is 36.4 Å². The molecule has 0 radical (unpaired) electrons. The molecule has 4 rings (SSSR count). The molecule has 32 heavy (non-hydrogen) atoms. The fourth-order valence-corrected chi connectivity index (χ4v) is 5.32. The number of benzene rings is 1. The molecule has 8 heteroatoms. The average Bonchev–Trinajstić information content (AvgIpc) is 2.81. The van der Waals surface area contributed by atoms with Gasteiger partial charge in [-0.1, -0.05) is 29.3 Å². The molecule has 1 aliphatic heterocycles. The Morgan fingerprint density at radius 2 is 1.88 bits per heavy atom. The van der Waals surface area contributed by atoms with E-state index in [-0.39, 0.29) is 0 Å². The molecule has 2 fully saturated rings. The smallest absolute Gasteiger partial charge is 0.222 e. The van der Waals surface area contributed by atoms with Gasteiger partial charge < -0.3 is 10.2 Å². The second-order valence-electron chi connectivity index (χ2n) is 8.97. The summed E-state index contributed by atoms with van der Waals surface area (Å²) in [6.45, 7) is 6.51. The van der Waals surface area contributed by atoms with Crippen molar-refractivity contribution in [3.05, 3.63) is 46.2 Å². The Balaban J connectivity index is 1.19. The van der Waals surface area contributed by atoms with Crippen molar-refractivity contribution in [1.82, 2.24) is 14.9 Å². The standard InChI is InChI=1S/C24H30Cl2N6/c1-17-16-31(11-12-32(17)22-4-2-3-21(25)23(22)26)10-9-18-5-7-20(8-6-18)30-24-28-14-19(13-27)15-29-24/h2-4,14-15,17-18,20H,5-12,16H2,1H3,(H,28,29,30)/t17-,18-,20-/m1/s1. The highest BCUT2D eigenvalue weighted by Crippen LogP contribution is 2.34. The van der Waals surface area contributed by atoms with Gasteiger partial charge in [-0.15, -0.1) is 0 Å². The molecule has 0 spiro atoms. The lowest BCUT2D eigenvalue weighted by atomic mass is 9.84. The topological polar surface area (TPSA) is 68.1 Å². The van der Waals surface area contributed by atoms with Crippen LogP contribution >= 0.6 is 23.2 Å². The molecule has 1 atom stereocenters. The molecule has 170 valence electrons. The molecule has 2 heterocycles. The molecule has 1 N–H and O–H groups in total. The highest BCUT2D eigenvalue weighted by atomic mass is 35.5. The number of hydrogen-bond donors (Lipinski definition) is 1. The lowest BCUT2D eigenvalue weighted by Crippen LogP contribution is -2.52. The predicted octanol–water partition coefficient (Wildman–Crippen LogP) is 5.23. The van der Waals surface area contributed by atoms with E-state index >= 15 is 0 Å². The van der Waals surface area contributed by atoms with Gasteiger partial charge >= 0.3 is 0 Å². The average molecular weight is 473 g/mol. The van der Waals surface area contributed by atoms with Crippen LogP contribution in [0.5, 0.6) is 0 Å². The number of nitriles is 1. The van der Waals surface area contributed by atoms with Gasteiger partial charge in [-0.25, -0.2) is 9.97 Å². The molecule has 1 aromatic heterocycles. The predicted molar refractivity (Wildman–Crippen MR) is 130 cm³/mol. The fourth-order valence-electron chi connectivity index (χ4n) is 4.91. The second kappa shape index (κ2) is 10.7. The molecule has 0 amide bonds. The van der Waals surface area contributed by atoms with Crippen molar-refractivity contribution in [2.24, 2.45) is 5.92 Å². The summed E-state index contributed by atoms with van der Waals surface area (Å²) in [5, 5.41) is 13.6. The van der Waals surface area contributed by atoms with E-state index in [9.17, 15) is 0 Å². The zero-order chi connectivity index (χ0) is 22.5. The maximum absolute atomic E-state index is 8.86. The van der Waals surface area contributed by atoms with E-state index in [0.29, 0.717) is 33.6 Å². The van der Waals surface area contributed by atoms with Crippen molar-refractivity contribution in [3.8, 4) is 6.07 Å².